The molecule has 9 heteroatoms. The summed E-state index contributed by atoms with van der Waals surface area (Å²) < 4.78 is 2.11. The molecule has 0 saturated carbocycles. The maximum absolute atomic E-state index is 12.9. The van der Waals surface area contributed by atoms with Crippen molar-refractivity contribution in [2.45, 2.75) is 38.5 Å². The van der Waals surface area contributed by atoms with Crippen LogP contribution in [0.5, 0.6) is 0 Å². The lowest BCUT2D eigenvalue weighted by Crippen LogP contribution is -2.54. The third-order valence-corrected chi connectivity index (χ3v) is 8.55. The van der Waals surface area contributed by atoms with Gasteiger partial charge in [0.1, 0.15) is 5.78 Å². The monoisotopic (exact) mass is 488 g/mol. The Kier molecular flexibility index (Phi) is 5.48. The van der Waals surface area contributed by atoms with Gasteiger partial charge in [0.2, 0.25) is 5.91 Å². The highest BCUT2D eigenvalue weighted by Gasteiger charge is 2.45. The van der Waals surface area contributed by atoms with Crippen LogP contribution < -0.4 is 16.1 Å². The van der Waals surface area contributed by atoms with Crippen LogP contribution in [-0.2, 0) is 9.59 Å². The number of benzene rings is 1. The van der Waals surface area contributed by atoms with E-state index in [1.54, 1.807) is 13.1 Å². The first kappa shape index (κ1) is 23.0. The minimum absolute atomic E-state index is 0.132. The highest BCUT2D eigenvalue weighted by Crippen LogP contribution is 2.38. The van der Waals surface area contributed by atoms with Gasteiger partial charge in [-0.1, -0.05) is 6.07 Å². The van der Waals surface area contributed by atoms with Crippen molar-refractivity contribution in [2.24, 2.45) is 11.1 Å². The number of Topliss-reactive ketones (excluding diaryl/α,β-unsaturated/α-hetero) is 1. The number of hydrogen-bond donors (Lipinski definition) is 2. The number of likely N-dealkylation sites (tertiary alicyclic amines) is 1. The zero-order valence-electron chi connectivity index (χ0n) is 20.6. The molecule has 1 spiro atoms. The second kappa shape index (κ2) is 8.58. The van der Waals surface area contributed by atoms with Crippen LogP contribution in [0.3, 0.4) is 0 Å². The van der Waals surface area contributed by atoms with Crippen molar-refractivity contribution in [1.82, 2.24) is 19.9 Å². The van der Waals surface area contributed by atoms with Gasteiger partial charge in [0.15, 0.2) is 0 Å². The van der Waals surface area contributed by atoms with Gasteiger partial charge < -0.3 is 21.0 Å². The second-order valence-electron chi connectivity index (χ2n) is 10.6. The van der Waals surface area contributed by atoms with Crippen molar-refractivity contribution >= 4 is 39.4 Å². The van der Waals surface area contributed by atoms with Crippen molar-refractivity contribution < 1.29 is 14.4 Å². The Morgan fingerprint density at radius 3 is 2.64 bits per heavy atom. The molecule has 3 aliphatic heterocycles. The number of carbonyl (C=O) groups is 3. The SMILES string of the molecule is CC(=O)N1CCC(c2ccc3c(c2)c2cncc(C(N)=O)c2n3N2CCC(=O)C3(CCNC3)C2)CC1. The molecule has 2 amide bonds. The van der Waals surface area contributed by atoms with Crippen LogP contribution in [0, 0.1) is 5.41 Å². The zero-order valence-corrected chi connectivity index (χ0v) is 20.6. The van der Waals surface area contributed by atoms with E-state index in [2.05, 4.69) is 38.2 Å². The van der Waals surface area contributed by atoms with E-state index in [9.17, 15) is 14.4 Å². The van der Waals surface area contributed by atoms with Crippen molar-refractivity contribution in [3.8, 4) is 0 Å². The fraction of sp³-hybridized carbons (Fsp3) is 0.481. The van der Waals surface area contributed by atoms with Gasteiger partial charge in [0.05, 0.1) is 22.0 Å². The summed E-state index contributed by atoms with van der Waals surface area (Å²) in [5.41, 5.74) is 8.78. The number of rotatable bonds is 3. The molecule has 188 valence electrons. The van der Waals surface area contributed by atoms with Crippen LogP contribution >= 0.6 is 0 Å². The molecule has 0 aliphatic carbocycles. The molecule has 5 heterocycles. The lowest BCUT2D eigenvalue weighted by molar-refractivity contribution is -0.130. The number of primary amides is 1. The molecule has 1 unspecified atom stereocenters. The maximum atomic E-state index is 12.9. The number of hydrogen-bond acceptors (Lipinski definition) is 6. The molecular formula is C27H32N6O3. The van der Waals surface area contributed by atoms with Crippen LogP contribution in [-0.4, -0.2) is 71.4 Å². The summed E-state index contributed by atoms with van der Waals surface area (Å²) in [4.78, 5) is 43.5. The standard InChI is InChI=1S/C27H32N6O3/c1-17(34)31-9-4-18(5-10-31)19-2-3-23-20(12-19)21-13-30-14-22(26(28)36)25(21)33(23)32-11-6-24(35)27(16-32)7-8-29-15-27/h2-3,12-14,18,29H,4-11,15-16H2,1H3,(H2,28,36). The Labute approximate surface area is 209 Å². The highest BCUT2D eigenvalue weighted by molar-refractivity contribution is 6.15. The molecular weight excluding hydrogens is 456 g/mol. The number of amides is 2. The summed E-state index contributed by atoms with van der Waals surface area (Å²) in [7, 11) is 0. The Balaban J connectivity index is 1.47. The van der Waals surface area contributed by atoms with E-state index in [4.69, 9.17) is 5.73 Å². The van der Waals surface area contributed by atoms with Gasteiger partial charge in [0, 0.05) is 69.2 Å². The Morgan fingerprint density at radius 1 is 1.14 bits per heavy atom. The largest absolute Gasteiger partial charge is 0.365 e. The number of pyridine rings is 1. The van der Waals surface area contributed by atoms with Crippen molar-refractivity contribution in [2.75, 3.05) is 44.3 Å². The molecule has 1 atom stereocenters. The molecule has 0 bridgehead atoms. The number of fused-ring (bicyclic) bond motifs is 3. The third kappa shape index (κ3) is 3.56. The number of carbonyl (C=O) groups excluding carboxylic acids is 3. The number of piperidine rings is 2. The van der Waals surface area contributed by atoms with Crippen LogP contribution in [0.2, 0.25) is 0 Å². The average molecular weight is 489 g/mol. The summed E-state index contributed by atoms with van der Waals surface area (Å²) in [5.74, 6) is 0.309. The van der Waals surface area contributed by atoms with Gasteiger partial charge in [-0.25, -0.2) is 0 Å². The fourth-order valence-electron chi connectivity index (χ4n) is 6.51. The molecule has 3 N–H and O–H groups in total. The lowest BCUT2D eigenvalue weighted by atomic mass is 9.78. The quantitative estimate of drug-likeness (QED) is 0.582. The molecule has 9 nitrogen and oxygen atoms in total. The second-order valence-corrected chi connectivity index (χ2v) is 10.6. The molecule has 3 saturated heterocycles. The zero-order chi connectivity index (χ0) is 25.0. The summed E-state index contributed by atoms with van der Waals surface area (Å²) >= 11 is 0. The molecule has 3 aliphatic rings. The van der Waals surface area contributed by atoms with Crippen LogP contribution in [0.25, 0.3) is 21.8 Å². The fourth-order valence-corrected chi connectivity index (χ4v) is 6.51. The maximum Gasteiger partial charge on any atom is 0.252 e. The van der Waals surface area contributed by atoms with Crippen molar-refractivity contribution in [3.63, 3.8) is 0 Å². The number of aromatic nitrogens is 2. The van der Waals surface area contributed by atoms with Gasteiger partial charge in [0.25, 0.3) is 5.91 Å². The van der Waals surface area contributed by atoms with Crippen molar-refractivity contribution in [3.05, 3.63) is 41.7 Å². The Bertz CT molecular complexity index is 1380. The van der Waals surface area contributed by atoms with E-state index in [0.29, 0.717) is 43.3 Å². The van der Waals surface area contributed by atoms with Crippen LogP contribution in [0.1, 0.15) is 54.4 Å². The Hall–Kier alpha value is -3.46. The number of nitrogens with two attached hydrogens (primary N) is 1. The predicted molar refractivity (Wildman–Crippen MR) is 137 cm³/mol. The van der Waals surface area contributed by atoms with Gasteiger partial charge in [-0.05, 0) is 49.4 Å². The normalized spacial score (nSPS) is 23.3. The van der Waals surface area contributed by atoms with Gasteiger partial charge in [-0.2, -0.15) is 0 Å². The topological polar surface area (TPSA) is 114 Å². The summed E-state index contributed by atoms with van der Waals surface area (Å²) in [6, 6.07) is 6.52. The lowest BCUT2D eigenvalue weighted by Gasteiger charge is -2.41. The van der Waals surface area contributed by atoms with E-state index in [-0.39, 0.29) is 5.91 Å². The first-order valence-corrected chi connectivity index (χ1v) is 12.8. The summed E-state index contributed by atoms with van der Waals surface area (Å²) in [6.45, 7) is 5.89. The van der Waals surface area contributed by atoms with Gasteiger partial charge in [-0.15, -0.1) is 0 Å². The highest BCUT2D eigenvalue weighted by atomic mass is 16.2. The number of ketones is 1. The minimum atomic E-state index is -0.515. The summed E-state index contributed by atoms with van der Waals surface area (Å²) in [6.07, 6.45) is 6.52. The molecule has 3 aromatic rings. The van der Waals surface area contributed by atoms with E-state index < -0.39 is 11.3 Å². The molecule has 1 aromatic carbocycles. The molecule has 3 fully saturated rings. The molecule has 0 radical (unpaired) electrons. The molecule has 6 rings (SSSR count). The molecule has 36 heavy (non-hydrogen) atoms. The minimum Gasteiger partial charge on any atom is -0.365 e. The Morgan fingerprint density at radius 2 is 1.94 bits per heavy atom. The predicted octanol–water partition coefficient (Wildman–Crippen LogP) is 1.90. The van der Waals surface area contributed by atoms with E-state index in [0.717, 1.165) is 60.7 Å². The van der Waals surface area contributed by atoms with Crippen LogP contribution in [0.4, 0.5) is 0 Å². The van der Waals surface area contributed by atoms with E-state index >= 15 is 0 Å². The van der Waals surface area contributed by atoms with E-state index in [1.807, 2.05) is 11.1 Å². The smallest absolute Gasteiger partial charge is 0.252 e. The number of nitrogens with zero attached hydrogens (tertiary/aromatic N) is 4. The van der Waals surface area contributed by atoms with Crippen molar-refractivity contribution in [1.29, 1.82) is 0 Å². The first-order chi connectivity index (χ1) is 17.4. The van der Waals surface area contributed by atoms with Crippen LogP contribution in [0.15, 0.2) is 30.6 Å². The van der Waals surface area contributed by atoms with E-state index in [1.165, 1.54) is 5.56 Å². The molecule has 2 aromatic heterocycles. The van der Waals surface area contributed by atoms with Gasteiger partial charge in [-0.3, -0.25) is 24.0 Å². The average Bonchev–Trinajstić information content (AvgIpc) is 3.48. The third-order valence-electron chi connectivity index (χ3n) is 8.55. The number of nitrogens with one attached hydrogen (secondary N) is 1. The van der Waals surface area contributed by atoms with Gasteiger partial charge >= 0.3 is 0 Å². The first-order valence-electron chi connectivity index (χ1n) is 12.8. The summed E-state index contributed by atoms with van der Waals surface area (Å²) in [5, 5.41) is 7.51.